The van der Waals surface area contributed by atoms with Gasteiger partial charge in [-0.25, -0.2) is 0 Å². The van der Waals surface area contributed by atoms with Gasteiger partial charge < -0.3 is 5.11 Å². The van der Waals surface area contributed by atoms with Crippen LogP contribution in [-0.4, -0.2) is 11.1 Å². The third kappa shape index (κ3) is 9.34. The second-order valence-corrected chi connectivity index (χ2v) is 7.25. The van der Waals surface area contributed by atoms with Crippen LogP contribution in [0.4, 0.5) is 0 Å². The van der Waals surface area contributed by atoms with Gasteiger partial charge in [0.1, 0.15) is 0 Å². The summed E-state index contributed by atoms with van der Waals surface area (Å²) in [4.78, 5) is 10.4. The summed E-state index contributed by atoms with van der Waals surface area (Å²) < 4.78 is 1.52. The van der Waals surface area contributed by atoms with Crippen molar-refractivity contribution >= 4 is 9.04 Å². The molecule has 0 aromatic heterocycles. The van der Waals surface area contributed by atoms with E-state index in [-0.39, 0.29) is 5.92 Å². The molecule has 0 bridgehead atoms. The third-order valence-corrected chi connectivity index (χ3v) is 4.42. The predicted octanol–water partition coefficient (Wildman–Crippen LogP) is 3.15. The van der Waals surface area contributed by atoms with Crippen molar-refractivity contribution < 1.29 is 36.0 Å². The molecule has 0 fully saturated rings. The van der Waals surface area contributed by atoms with Crippen molar-refractivity contribution in [2.75, 3.05) is 0 Å². The van der Waals surface area contributed by atoms with Gasteiger partial charge in [0.25, 0.3) is 0 Å². The first-order valence-corrected chi connectivity index (χ1v) is 8.96. The summed E-state index contributed by atoms with van der Waals surface area (Å²) in [5.41, 5.74) is 0. The summed E-state index contributed by atoms with van der Waals surface area (Å²) in [6.45, 7) is 4.00. The molecular formula is C14H21HgO2. The van der Waals surface area contributed by atoms with E-state index in [9.17, 15) is 4.79 Å². The Bertz CT molecular complexity index is 298. The molecule has 1 aromatic rings. The summed E-state index contributed by atoms with van der Waals surface area (Å²) in [5.74, 6) is -0.754. The minimum atomic E-state index is -0.643. The van der Waals surface area contributed by atoms with Crippen LogP contribution in [-0.2, 0) is 30.9 Å². The van der Waals surface area contributed by atoms with Gasteiger partial charge >= 0.3 is 65.5 Å². The average molecular weight is 422 g/mol. The van der Waals surface area contributed by atoms with Gasteiger partial charge in [-0.1, -0.05) is 26.7 Å². The van der Waals surface area contributed by atoms with E-state index in [0.717, 1.165) is 51.8 Å². The number of carboxylic acid groups (broad SMARTS) is 1. The first kappa shape index (κ1) is 16.6. The Hall–Kier alpha value is -0.375. The first-order chi connectivity index (χ1) is 8.11. The SMILES string of the molecule is CCCCC(CC)C(=O)O.[Hg][c]1ccccc1. The maximum atomic E-state index is 10.4. The molecule has 0 aliphatic heterocycles. The van der Waals surface area contributed by atoms with Crippen LogP contribution in [0.25, 0.3) is 0 Å². The fraction of sp³-hybridized carbons (Fsp3) is 0.500. The molecule has 0 spiro atoms. The number of carbonyl (C=O) groups is 1. The number of aliphatic carboxylic acids is 1. The molecule has 17 heavy (non-hydrogen) atoms. The fourth-order valence-corrected chi connectivity index (χ4v) is 2.49. The number of hydrogen-bond acceptors (Lipinski definition) is 1. The number of carboxylic acids is 1. The Balaban J connectivity index is 0.000000318. The van der Waals surface area contributed by atoms with Crippen molar-refractivity contribution in [3.63, 3.8) is 0 Å². The Labute approximate surface area is 120 Å². The van der Waals surface area contributed by atoms with Gasteiger partial charge in [-0.2, -0.15) is 0 Å². The molecule has 0 amide bonds. The molecule has 1 rings (SSSR count). The van der Waals surface area contributed by atoms with E-state index in [0.29, 0.717) is 0 Å². The monoisotopic (exact) mass is 423 g/mol. The molecule has 0 saturated carbocycles. The molecule has 1 atom stereocenters. The minimum absolute atomic E-state index is 0.111. The average Bonchev–Trinajstić information content (AvgIpc) is 2.31. The quantitative estimate of drug-likeness (QED) is 0.742. The van der Waals surface area contributed by atoms with E-state index in [1.54, 1.807) is 0 Å². The number of unbranched alkanes of at least 4 members (excludes halogenated alkanes) is 1. The molecule has 3 heteroatoms. The zero-order chi connectivity index (χ0) is 13.1. The van der Waals surface area contributed by atoms with Crippen molar-refractivity contribution in [2.45, 2.75) is 39.5 Å². The number of benzene rings is 1. The summed E-state index contributed by atoms with van der Waals surface area (Å²) in [5, 5.41) is 8.60. The van der Waals surface area contributed by atoms with Gasteiger partial charge in [0.15, 0.2) is 0 Å². The van der Waals surface area contributed by atoms with Crippen LogP contribution in [0.1, 0.15) is 39.5 Å². The van der Waals surface area contributed by atoms with E-state index < -0.39 is 5.97 Å². The van der Waals surface area contributed by atoms with Crippen LogP contribution >= 0.6 is 0 Å². The first-order valence-electron chi connectivity index (χ1n) is 6.21. The molecule has 0 aliphatic rings. The van der Waals surface area contributed by atoms with E-state index in [4.69, 9.17) is 5.11 Å². The Morgan fingerprint density at radius 2 is 1.88 bits per heavy atom. The van der Waals surface area contributed by atoms with Crippen molar-refractivity contribution in [1.29, 1.82) is 0 Å². The molecule has 1 N–H and O–H groups in total. The predicted molar refractivity (Wildman–Crippen MR) is 67.0 cm³/mol. The third-order valence-electron chi connectivity index (χ3n) is 2.59. The van der Waals surface area contributed by atoms with E-state index in [2.05, 4.69) is 37.3 Å². The zero-order valence-corrected chi connectivity index (χ0v) is 16.4. The van der Waals surface area contributed by atoms with Crippen LogP contribution in [0.3, 0.4) is 0 Å². The van der Waals surface area contributed by atoms with Gasteiger partial charge in [0.2, 0.25) is 0 Å². The molecule has 1 unspecified atom stereocenters. The maximum absolute atomic E-state index is 10.4. The standard InChI is InChI=1S/C8H16O2.C6H5.Hg/c1-3-5-6-7(4-2)8(9)10;1-2-4-6-5-3-1;/h7H,3-6H2,1-2H3,(H,9,10);1-5H;. The normalized spacial score (nSPS) is 11.3. The molecule has 2 nitrogen and oxygen atoms in total. The van der Waals surface area contributed by atoms with Gasteiger partial charge in [0.05, 0.1) is 5.92 Å². The van der Waals surface area contributed by atoms with Crippen molar-refractivity contribution in [3.05, 3.63) is 30.3 Å². The molecular weight excluding hydrogens is 401 g/mol. The molecule has 1 aromatic carbocycles. The van der Waals surface area contributed by atoms with E-state index >= 15 is 0 Å². The molecule has 0 aliphatic carbocycles. The van der Waals surface area contributed by atoms with Gasteiger partial charge in [-0.3, -0.25) is 4.79 Å². The van der Waals surface area contributed by atoms with Crippen molar-refractivity contribution in [2.24, 2.45) is 5.92 Å². The molecule has 91 valence electrons. The fourth-order valence-electron chi connectivity index (χ4n) is 1.43. The van der Waals surface area contributed by atoms with Gasteiger partial charge in [-0.15, -0.1) is 0 Å². The topological polar surface area (TPSA) is 37.3 Å². The van der Waals surface area contributed by atoms with E-state index in [1.165, 1.54) is 3.07 Å². The summed E-state index contributed by atoms with van der Waals surface area (Å²) in [7, 11) is 0. The zero-order valence-electron chi connectivity index (χ0n) is 10.9. The van der Waals surface area contributed by atoms with E-state index in [1.807, 2.05) is 6.92 Å². The molecule has 0 radical (unpaired) electrons. The van der Waals surface area contributed by atoms with Crippen LogP contribution in [0.2, 0.25) is 0 Å². The number of hydrogen-bond donors (Lipinski definition) is 1. The molecule has 0 heterocycles. The van der Waals surface area contributed by atoms with Crippen LogP contribution in [0.5, 0.6) is 0 Å². The van der Waals surface area contributed by atoms with Gasteiger partial charge in [-0.05, 0) is 12.8 Å². The number of rotatable bonds is 5. The summed E-state index contributed by atoms with van der Waals surface area (Å²) in [6, 6.07) is 10.6. The van der Waals surface area contributed by atoms with Crippen LogP contribution in [0, 0.1) is 5.92 Å². The summed E-state index contributed by atoms with van der Waals surface area (Å²) in [6.07, 6.45) is 3.71. The van der Waals surface area contributed by atoms with Crippen molar-refractivity contribution in [3.8, 4) is 0 Å². The Morgan fingerprint density at radius 1 is 1.29 bits per heavy atom. The van der Waals surface area contributed by atoms with Crippen LogP contribution < -0.4 is 3.07 Å². The van der Waals surface area contributed by atoms with Crippen molar-refractivity contribution in [1.82, 2.24) is 0 Å². The second kappa shape index (κ2) is 10.8. The Morgan fingerprint density at radius 3 is 2.18 bits per heavy atom. The Kier molecular flexibility index (Phi) is 10.5. The summed E-state index contributed by atoms with van der Waals surface area (Å²) >= 11 is 0.810. The molecule has 0 saturated heterocycles. The second-order valence-electron chi connectivity index (χ2n) is 4.07. The van der Waals surface area contributed by atoms with Gasteiger partial charge in [0, 0.05) is 0 Å². The van der Waals surface area contributed by atoms with Crippen LogP contribution in [0.15, 0.2) is 30.3 Å².